The van der Waals surface area contributed by atoms with E-state index < -0.39 is 16.3 Å². The summed E-state index contributed by atoms with van der Waals surface area (Å²) in [5, 5.41) is 17.3. The lowest BCUT2D eigenvalue weighted by Gasteiger charge is -2.32. The summed E-state index contributed by atoms with van der Waals surface area (Å²) in [6.07, 6.45) is 1.92. The summed E-state index contributed by atoms with van der Waals surface area (Å²) in [5.74, 6) is -0.198. The van der Waals surface area contributed by atoms with Crippen molar-refractivity contribution in [3.63, 3.8) is 0 Å². The number of nitrogens with zero attached hydrogens (tertiary/aromatic N) is 1. The molecular formula is C25H31Cl2N5O5S. The summed E-state index contributed by atoms with van der Waals surface area (Å²) in [7, 11) is -4.31. The minimum atomic E-state index is -4.31. The van der Waals surface area contributed by atoms with Crippen LogP contribution in [-0.2, 0) is 25.8 Å². The van der Waals surface area contributed by atoms with Gasteiger partial charge in [-0.15, -0.1) is 24.8 Å². The van der Waals surface area contributed by atoms with E-state index in [1.54, 1.807) is 24.3 Å². The van der Waals surface area contributed by atoms with Crippen LogP contribution in [0.25, 0.3) is 10.8 Å². The van der Waals surface area contributed by atoms with Gasteiger partial charge in [-0.3, -0.25) is 10.3 Å². The fourth-order valence-electron chi connectivity index (χ4n) is 4.18. The summed E-state index contributed by atoms with van der Waals surface area (Å²) in [5.41, 5.74) is 8.20. The smallest absolute Gasteiger partial charge is 0.382 e. The molecule has 3 aromatic carbocycles. The number of carbonyl (C=O) groups excluding carboxylic acids is 1. The summed E-state index contributed by atoms with van der Waals surface area (Å²) in [4.78, 5) is 13.8. The number of benzene rings is 3. The molecule has 206 valence electrons. The van der Waals surface area contributed by atoms with Crippen LogP contribution >= 0.6 is 24.8 Å². The summed E-state index contributed by atoms with van der Waals surface area (Å²) in [6.45, 7) is 2.36. The third-order valence-electron chi connectivity index (χ3n) is 5.96. The van der Waals surface area contributed by atoms with Crippen LogP contribution in [-0.4, -0.2) is 50.9 Å². The standard InChI is InChI=1S/C25H29N5O5S.2ClH/c26-25(27)19-4-3-18-2-1-17(13-20(18)14-19)16-30-11-9-23(10-12-30)34-22-7-5-21(6-8-22)29-15-24(31)35-36(28,32)33;;/h1-8,13-14,23,29H,9-12,15-16H2,(H3,26,27)(H2,28,32,33);2*1H. The van der Waals surface area contributed by atoms with Gasteiger partial charge in [-0.05, 0) is 65.6 Å². The molecule has 38 heavy (non-hydrogen) atoms. The van der Waals surface area contributed by atoms with Crippen molar-refractivity contribution < 1.29 is 22.1 Å². The maximum Gasteiger partial charge on any atom is 0.382 e. The average molecular weight is 585 g/mol. The Hall–Kier alpha value is -3.09. The van der Waals surface area contributed by atoms with E-state index in [2.05, 4.69) is 37.7 Å². The van der Waals surface area contributed by atoms with Gasteiger partial charge < -0.3 is 20.0 Å². The van der Waals surface area contributed by atoms with E-state index in [-0.39, 0.29) is 43.3 Å². The molecule has 0 aliphatic carbocycles. The normalized spacial score (nSPS) is 14.1. The second-order valence-corrected chi connectivity index (χ2v) is 9.88. The van der Waals surface area contributed by atoms with E-state index in [1.807, 2.05) is 18.2 Å². The Morgan fingerprint density at radius 3 is 2.29 bits per heavy atom. The molecule has 1 fully saturated rings. The molecule has 1 aliphatic heterocycles. The molecule has 1 saturated heterocycles. The van der Waals surface area contributed by atoms with Gasteiger partial charge >= 0.3 is 16.3 Å². The Labute approximate surface area is 234 Å². The number of nitrogen functional groups attached to an aromatic ring is 1. The minimum absolute atomic E-state index is 0. The van der Waals surface area contributed by atoms with Crippen LogP contribution in [0.1, 0.15) is 24.0 Å². The minimum Gasteiger partial charge on any atom is -0.490 e. The number of amidine groups is 1. The SMILES string of the molecule is Cl.Cl.N=C(N)c1ccc2ccc(CN3CCC(Oc4ccc(NCC(=O)OS(N)(=O)=O)cc4)CC3)cc2c1. The van der Waals surface area contributed by atoms with Crippen LogP contribution in [0.4, 0.5) is 5.69 Å². The van der Waals surface area contributed by atoms with Gasteiger partial charge in [0.2, 0.25) is 0 Å². The number of nitrogens with two attached hydrogens (primary N) is 2. The van der Waals surface area contributed by atoms with Gasteiger partial charge in [-0.1, -0.05) is 24.3 Å². The topological polar surface area (TPSA) is 161 Å². The Kier molecular flexibility index (Phi) is 11.2. The molecule has 0 aromatic heterocycles. The highest BCUT2D eigenvalue weighted by molar-refractivity contribution is 7.84. The number of fused-ring (bicyclic) bond motifs is 1. The van der Waals surface area contributed by atoms with Gasteiger partial charge in [0.15, 0.2) is 0 Å². The van der Waals surface area contributed by atoms with Crippen molar-refractivity contribution in [3.05, 3.63) is 71.8 Å². The quantitative estimate of drug-likeness (QED) is 0.220. The number of anilines is 1. The first-order valence-corrected chi connectivity index (χ1v) is 13.0. The molecule has 0 unspecified atom stereocenters. The predicted octanol–water partition coefficient (Wildman–Crippen LogP) is 3.17. The van der Waals surface area contributed by atoms with Gasteiger partial charge in [-0.2, -0.15) is 13.6 Å². The molecule has 0 amide bonds. The lowest BCUT2D eigenvalue weighted by atomic mass is 10.0. The van der Waals surface area contributed by atoms with Crippen LogP contribution in [0.2, 0.25) is 0 Å². The van der Waals surface area contributed by atoms with Gasteiger partial charge in [-0.25, -0.2) is 4.79 Å². The number of carbonyl (C=O) groups is 1. The van der Waals surface area contributed by atoms with Gasteiger partial charge in [0.1, 0.15) is 24.2 Å². The number of ether oxygens (including phenoxy) is 1. The first kappa shape index (κ1) is 31.1. The average Bonchev–Trinajstić information content (AvgIpc) is 2.83. The van der Waals surface area contributed by atoms with Crippen LogP contribution < -0.4 is 20.9 Å². The van der Waals surface area contributed by atoms with E-state index in [0.717, 1.165) is 54.6 Å². The van der Waals surface area contributed by atoms with E-state index in [1.165, 1.54) is 5.56 Å². The molecular weight excluding hydrogens is 553 g/mol. The lowest BCUT2D eigenvalue weighted by molar-refractivity contribution is -0.131. The highest BCUT2D eigenvalue weighted by Gasteiger charge is 2.21. The summed E-state index contributed by atoms with van der Waals surface area (Å²) in [6, 6.07) is 19.3. The second kappa shape index (κ2) is 13.6. The fraction of sp³-hybridized carbons (Fsp3) is 0.280. The van der Waals surface area contributed by atoms with Crippen LogP contribution in [0.5, 0.6) is 5.75 Å². The molecule has 10 nitrogen and oxygen atoms in total. The molecule has 13 heteroatoms. The third-order valence-corrected chi connectivity index (χ3v) is 6.38. The Morgan fingerprint density at radius 2 is 1.66 bits per heavy atom. The highest BCUT2D eigenvalue weighted by atomic mass is 35.5. The summed E-state index contributed by atoms with van der Waals surface area (Å²) < 4.78 is 31.7. The number of piperidine rings is 1. The molecule has 6 N–H and O–H groups in total. The van der Waals surface area contributed by atoms with Crippen molar-refractivity contribution in [2.24, 2.45) is 10.9 Å². The van der Waals surface area contributed by atoms with Crippen molar-refractivity contribution >= 4 is 63.4 Å². The van der Waals surface area contributed by atoms with E-state index in [4.69, 9.17) is 15.9 Å². The van der Waals surface area contributed by atoms with Gasteiger partial charge in [0.25, 0.3) is 0 Å². The molecule has 0 spiro atoms. The number of hydrogen-bond donors (Lipinski definition) is 4. The molecule has 1 aliphatic rings. The monoisotopic (exact) mass is 583 g/mol. The predicted molar refractivity (Wildman–Crippen MR) is 153 cm³/mol. The van der Waals surface area contributed by atoms with E-state index in [9.17, 15) is 13.2 Å². The number of likely N-dealkylation sites (tertiary alicyclic amines) is 1. The third kappa shape index (κ3) is 9.03. The van der Waals surface area contributed by atoms with Crippen LogP contribution in [0.15, 0.2) is 60.7 Å². The van der Waals surface area contributed by atoms with Crippen molar-refractivity contribution in [2.75, 3.05) is 25.0 Å². The van der Waals surface area contributed by atoms with Gasteiger partial charge in [0, 0.05) is 30.9 Å². The number of nitrogens with one attached hydrogen (secondary N) is 2. The first-order chi connectivity index (χ1) is 17.1. The van der Waals surface area contributed by atoms with Crippen molar-refractivity contribution in [1.29, 1.82) is 5.41 Å². The van der Waals surface area contributed by atoms with Crippen molar-refractivity contribution in [3.8, 4) is 5.75 Å². The molecule has 0 atom stereocenters. The maximum atomic E-state index is 11.4. The highest BCUT2D eigenvalue weighted by Crippen LogP contribution is 2.23. The van der Waals surface area contributed by atoms with Crippen molar-refractivity contribution in [2.45, 2.75) is 25.5 Å². The zero-order valence-electron chi connectivity index (χ0n) is 20.5. The number of hydrogen-bond acceptors (Lipinski definition) is 8. The zero-order chi connectivity index (χ0) is 25.7. The van der Waals surface area contributed by atoms with E-state index >= 15 is 0 Å². The number of rotatable bonds is 9. The Bertz CT molecular complexity index is 1360. The van der Waals surface area contributed by atoms with Crippen LogP contribution in [0, 0.1) is 5.41 Å². The Morgan fingerprint density at radius 1 is 1.00 bits per heavy atom. The van der Waals surface area contributed by atoms with E-state index in [0.29, 0.717) is 5.69 Å². The molecule has 0 radical (unpaired) electrons. The molecule has 0 saturated carbocycles. The number of halogens is 2. The van der Waals surface area contributed by atoms with Crippen molar-refractivity contribution in [1.82, 2.24) is 4.90 Å². The zero-order valence-corrected chi connectivity index (χ0v) is 22.9. The molecule has 0 bridgehead atoms. The van der Waals surface area contributed by atoms with Crippen LogP contribution in [0.3, 0.4) is 0 Å². The largest absolute Gasteiger partial charge is 0.490 e. The second-order valence-electron chi connectivity index (χ2n) is 8.73. The first-order valence-electron chi connectivity index (χ1n) is 11.5. The Balaban J connectivity index is 0.00000253. The fourth-order valence-corrected chi connectivity index (χ4v) is 4.50. The lowest BCUT2D eigenvalue weighted by Crippen LogP contribution is -2.37. The molecule has 4 rings (SSSR count). The summed E-state index contributed by atoms with van der Waals surface area (Å²) >= 11 is 0. The maximum absolute atomic E-state index is 11.4. The molecule has 1 heterocycles. The van der Waals surface area contributed by atoms with Gasteiger partial charge in [0.05, 0.1) is 0 Å². The molecule has 3 aromatic rings.